The Balaban J connectivity index is 1.70. The zero-order chi connectivity index (χ0) is 14.1. The summed E-state index contributed by atoms with van der Waals surface area (Å²) < 4.78 is 0. The van der Waals surface area contributed by atoms with Gasteiger partial charge in [-0.25, -0.2) is 4.79 Å². The first-order chi connectivity index (χ1) is 9.61. The summed E-state index contributed by atoms with van der Waals surface area (Å²) in [6, 6.07) is 12.4. The standard InChI is InChI=1S/C14H11ClN2O2S/c15-9-3-6-11-12(7-9)20-14(17-11)16-10-4-1-8(2-5-10)13(18)19/h1-7,14,16-17H,(H,18,19). The molecule has 20 heavy (non-hydrogen) atoms. The largest absolute Gasteiger partial charge is 0.478 e. The van der Waals surface area contributed by atoms with Crippen molar-refractivity contribution < 1.29 is 9.90 Å². The van der Waals surface area contributed by atoms with E-state index >= 15 is 0 Å². The van der Waals surface area contributed by atoms with Crippen molar-refractivity contribution >= 4 is 40.7 Å². The van der Waals surface area contributed by atoms with E-state index in [1.807, 2.05) is 18.2 Å². The van der Waals surface area contributed by atoms with Crippen molar-refractivity contribution in [2.24, 2.45) is 0 Å². The third-order valence-electron chi connectivity index (χ3n) is 2.90. The number of carboxylic acid groups (broad SMARTS) is 1. The van der Waals surface area contributed by atoms with Crippen molar-refractivity contribution in [1.82, 2.24) is 0 Å². The number of benzene rings is 2. The monoisotopic (exact) mass is 306 g/mol. The first-order valence-electron chi connectivity index (χ1n) is 5.94. The van der Waals surface area contributed by atoms with Gasteiger partial charge in [-0.1, -0.05) is 23.4 Å². The number of fused-ring (bicyclic) bond motifs is 1. The molecule has 1 unspecified atom stereocenters. The molecule has 1 aliphatic rings. The average Bonchev–Trinajstić information content (AvgIpc) is 2.80. The molecule has 0 bridgehead atoms. The number of aromatic carboxylic acids is 1. The lowest BCUT2D eigenvalue weighted by Gasteiger charge is -2.14. The normalized spacial score (nSPS) is 16.4. The van der Waals surface area contributed by atoms with Crippen LogP contribution < -0.4 is 10.6 Å². The maximum atomic E-state index is 10.8. The Bertz CT molecular complexity index is 661. The van der Waals surface area contributed by atoms with Crippen LogP contribution in [0.2, 0.25) is 5.02 Å². The minimum absolute atomic E-state index is 0.000792. The highest BCUT2D eigenvalue weighted by atomic mass is 35.5. The topological polar surface area (TPSA) is 61.4 Å². The highest BCUT2D eigenvalue weighted by Gasteiger charge is 2.21. The van der Waals surface area contributed by atoms with Gasteiger partial charge in [0.25, 0.3) is 0 Å². The maximum absolute atomic E-state index is 10.8. The highest BCUT2D eigenvalue weighted by Crippen LogP contribution is 2.39. The van der Waals surface area contributed by atoms with Crippen LogP contribution in [0.3, 0.4) is 0 Å². The molecule has 6 heteroatoms. The molecule has 0 saturated carbocycles. The van der Waals surface area contributed by atoms with Crippen LogP contribution in [0.15, 0.2) is 47.4 Å². The molecule has 0 saturated heterocycles. The van der Waals surface area contributed by atoms with Gasteiger partial charge in [0.05, 0.1) is 11.3 Å². The van der Waals surface area contributed by atoms with Gasteiger partial charge >= 0.3 is 5.97 Å². The van der Waals surface area contributed by atoms with Crippen LogP contribution in [0.4, 0.5) is 11.4 Å². The fraction of sp³-hybridized carbons (Fsp3) is 0.0714. The second-order valence-electron chi connectivity index (χ2n) is 4.31. The molecule has 1 atom stereocenters. The highest BCUT2D eigenvalue weighted by molar-refractivity contribution is 8.00. The van der Waals surface area contributed by atoms with E-state index in [4.69, 9.17) is 16.7 Å². The number of carbonyl (C=O) groups is 1. The van der Waals surface area contributed by atoms with Crippen molar-refractivity contribution in [3.8, 4) is 0 Å². The fourth-order valence-corrected chi connectivity index (χ4v) is 3.26. The molecule has 0 spiro atoms. The number of hydrogen-bond acceptors (Lipinski definition) is 4. The van der Waals surface area contributed by atoms with E-state index in [0.29, 0.717) is 5.02 Å². The van der Waals surface area contributed by atoms with E-state index in [1.165, 1.54) is 0 Å². The summed E-state index contributed by atoms with van der Waals surface area (Å²) in [6.07, 6.45) is 0. The van der Waals surface area contributed by atoms with Crippen LogP contribution in [0.5, 0.6) is 0 Å². The molecule has 0 aliphatic carbocycles. The van der Waals surface area contributed by atoms with Crippen LogP contribution in [0.1, 0.15) is 10.4 Å². The van der Waals surface area contributed by atoms with Gasteiger partial charge in [-0.3, -0.25) is 0 Å². The van der Waals surface area contributed by atoms with E-state index in [0.717, 1.165) is 16.3 Å². The molecule has 1 heterocycles. The van der Waals surface area contributed by atoms with E-state index in [-0.39, 0.29) is 11.1 Å². The van der Waals surface area contributed by atoms with E-state index in [2.05, 4.69) is 10.6 Å². The molecule has 2 aromatic rings. The molecule has 3 rings (SSSR count). The zero-order valence-corrected chi connectivity index (χ0v) is 11.8. The summed E-state index contributed by atoms with van der Waals surface area (Å²) in [5.41, 5.74) is 2.18. The quantitative estimate of drug-likeness (QED) is 0.801. The minimum Gasteiger partial charge on any atom is -0.478 e. The molecule has 0 amide bonds. The molecule has 1 aliphatic heterocycles. The number of thioether (sulfide) groups is 1. The summed E-state index contributed by atoms with van der Waals surface area (Å²) >= 11 is 7.59. The fourth-order valence-electron chi connectivity index (χ4n) is 1.94. The number of nitrogens with one attached hydrogen (secondary N) is 2. The SMILES string of the molecule is O=C(O)c1ccc(NC2Nc3ccc(Cl)cc3S2)cc1. The van der Waals surface area contributed by atoms with Crippen LogP contribution in [-0.4, -0.2) is 16.6 Å². The Morgan fingerprint density at radius 3 is 2.70 bits per heavy atom. The van der Waals surface area contributed by atoms with Gasteiger partial charge in [-0.15, -0.1) is 0 Å². The van der Waals surface area contributed by atoms with E-state index in [9.17, 15) is 4.79 Å². The first-order valence-corrected chi connectivity index (χ1v) is 7.20. The van der Waals surface area contributed by atoms with Crippen LogP contribution in [-0.2, 0) is 0 Å². The number of anilines is 2. The number of carboxylic acids is 1. The predicted molar refractivity (Wildman–Crippen MR) is 81.7 cm³/mol. The second-order valence-corrected chi connectivity index (χ2v) is 5.89. The summed E-state index contributed by atoms with van der Waals surface area (Å²) in [6.45, 7) is 0. The van der Waals surface area contributed by atoms with Gasteiger partial charge < -0.3 is 15.7 Å². The third-order valence-corrected chi connectivity index (χ3v) is 4.20. The molecule has 0 fully saturated rings. The Morgan fingerprint density at radius 1 is 1.25 bits per heavy atom. The zero-order valence-electron chi connectivity index (χ0n) is 10.3. The number of halogens is 1. The Morgan fingerprint density at radius 2 is 2.00 bits per heavy atom. The van der Waals surface area contributed by atoms with Crippen LogP contribution >= 0.6 is 23.4 Å². The lowest BCUT2D eigenvalue weighted by atomic mass is 10.2. The molecule has 0 radical (unpaired) electrons. The Labute approximate surface area is 125 Å². The van der Waals surface area contributed by atoms with Crippen molar-refractivity contribution in [2.75, 3.05) is 10.6 Å². The van der Waals surface area contributed by atoms with Gasteiger partial charge in [0.15, 0.2) is 0 Å². The molecule has 0 aromatic heterocycles. The molecule has 102 valence electrons. The van der Waals surface area contributed by atoms with Crippen LogP contribution in [0, 0.1) is 0 Å². The van der Waals surface area contributed by atoms with Gasteiger partial charge in [0, 0.05) is 15.6 Å². The van der Waals surface area contributed by atoms with Crippen molar-refractivity contribution in [3.05, 3.63) is 53.1 Å². The smallest absolute Gasteiger partial charge is 0.335 e. The van der Waals surface area contributed by atoms with Gasteiger partial charge in [0.2, 0.25) is 0 Å². The third kappa shape index (κ3) is 2.69. The van der Waals surface area contributed by atoms with E-state index < -0.39 is 5.97 Å². The molecule has 2 aromatic carbocycles. The summed E-state index contributed by atoms with van der Waals surface area (Å²) in [5, 5.41) is 16.2. The number of hydrogen-bond donors (Lipinski definition) is 3. The lowest BCUT2D eigenvalue weighted by Crippen LogP contribution is -2.20. The second kappa shape index (κ2) is 5.26. The van der Waals surface area contributed by atoms with Crippen molar-refractivity contribution in [1.29, 1.82) is 0 Å². The minimum atomic E-state index is -0.924. The summed E-state index contributed by atoms with van der Waals surface area (Å²) in [7, 11) is 0. The number of rotatable bonds is 3. The van der Waals surface area contributed by atoms with E-state index in [1.54, 1.807) is 36.0 Å². The van der Waals surface area contributed by atoms with Gasteiger partial charge in [-0.2, -0.15) is 0 Å². The first kappa shape index (κ1) is 13.1. The predicted octanol–water partition coefficient (Wildman–Crippen LogP) is 3.95. The summed E-state index contributed by atoms with van der Waals surface area (Å²) in [4.78, 5) is 11.9. The van der Waals surface area contributed by atoms with Crippen molar-refractivity contribution in [3.63, 3.8) is 0 Å². The maximum Gasteiger partial charge on any atom is 0.335 e. The Hall–Kier alpha value is -1.85. The van der Waals surface area contributed by atoms with Gasteiger partial charge in [-0.05, 0) is 42.5 Å². The Kier molecular flexibility index (Phi) is 3.46. The average molecular weight is 307 g/mol. The van der Waals surface area contributed by atoms with Crippen LogP contribution in [0.25, 0.3) is 0 Å². The lowest BCUT2D eigenvalue weighted by molar-refractivity contribution is 0.0697. The molecule has 3 N–H and O–H groups in total. The van der Waals surface area contributed by atoms with Crippen molar-refractivity contribution in [2.45, 2.75) is 10.4 Å². The molecular formula is C14H11ClN2O2S. The van der Waals surface area contributed by atoms with Gasteiger partial charge in [0.1, 0.15) is 5.50 Å². The molecular weight excluding hydrogens is 296 g/mol. The molecule has 4 nitrogen and oxygen atoms in total. The summed E-state index contributed by atoms with van der Waals surface area (Å²) in [5.74, 6) is -0.924.